The summed E-state index contributed by atoms with van der Waals surface area (Å²) in [6.45, 7) is 4.34. The third-order valence-electron chi connectivity index (χ3n) is 4.60. The first-order valence-electron chi connectivity index (χ1n) is 9.27. The van der Waals surface area contributed by atoms with E-state index in [0.717, 1.165) is 24.7 Å². The Morgan fingerprint density at radius 1 is 1.29 bits per heavy atom. The molecular formula is C21H21ClN4OS. The van der Waals surface area contributed by atoms with Gasteiger partial charge in [0, 0.05) is 23.4 Å². The number of hydrogen-bond donors (Lipinski definition) is 1. The van der Waals surface area contributed by atoms with E-state index in [9.17, 15) is 4.79 Å². The lowest BCUT2D eigenvalue weighted by Gasteiger charge is -2.17. The van der Waals surface area contributed by atoms with Gasteiger partial charge in [0.15, 0.2) is 5.17 Å². The molecule has 2 aromatic carbocycles. The van der Waals surface area contributed by atoms with Gasteiger partial charge in [-0.15, -0.1) is 0 Å². The van der Waals surface area contributed by atoms with Gasteiger partial charge in [-0.1, -0.05) is 60.6 Å². The Kier molecular flexibility index (Phi) is 5.69. The van der Waals surface area contributed by atoms with Crippen molar-refractivity contribution in [3.05, 3.63) is 75.3 Å². The Bertz CT molecular complexity index is 1070. The van der Waals surface area contributed by atoms with E-state index < -0.39 is 0 Å². The lowest BCUT2D eigenvalue weighted by atomic mass is 10.2. The van der Waals surface area contributed by atoms with Crippen molar-refractivity contribution < 1.29 is 0 Å². The first kappa shape index (κ1) is 19.0. The van der Waals surface area contributed by atoms with Crippen LogP contribution < -0.4 is 5.56 Å². The second kappa shape index (κ2) is 8.37. The second-order valence-electron chi connectivity index (χ2n) is 6.88. The molecule has 1 atom stereocenters. The van der Waals surface area contributed by atoms with Gasteiger partial charge in [-0.2, -0.15) is 0 Å². The molecular weight excluding hydrogens is 392 g/mol. The summed E-state index contributed by atoms with van der Waals surface area (Å²) in [6.07, 6.45) is 0.913. The topological polar surface area (TPSA) is 61.4 Å². The number of nitrogens with one attached hydrogen (secondary N) is 1. The summed E-state index contributed by atoms with van der Waals surface area (Å²) in [4.78, 5) is 26.9. The standard InChI is InChI=1S/C21H21ClN4OS/c1-14-12-26(21(28-14)23-10-9-15-5-3-2-4-6-15)13-19-24-18-11-16(22)7-8-17(18)20(27)25-19/h2-8,11,14H,9-10,12-13H2,1H3,(H,24,25,27)/t14-/m1/s1. The van der Waals surface area contributed by atoms with Crippen LogP contribution in [-0.2, 0) is 13.0 Å². The monoisotopic (exact) mass is 412 g/mol. The normalized spacial score (nSPS) is 18.3. The molecule has 1 saturated heterocycles. The third-order valence-corrected chi connectivity index (χ3v) is 5.99. The number of aromatic nitrogens is 2. The Hall–Kier alpha value is -2.31. The van der Waals surface area contributed by atoms with Gasteiger partial charge in [0.05, 0.1) is 17.4 Å². The van der Waals surface area contributed by atoms with Crippen LogP contribution in [0.4, 0.5) is 0 Å². The number of hydrogen-bond acceptors (Lipinski definition) is 4. The van der Waals surface area contributed by atoms with Crippen molar-refractivity contribution >= 4 is 39.4 Å². The summed E-state index contributed by atoms with van der Waals surface area (Å²) in [5, 5.41) is 2.59. The highest BCUT2D eigenvalue weighted by molar-refractivity contribution is 8.14. The van der Waals surface area contributed by atoms with E-state index in [1.807, 2.05) is 6.07 Å². The zero-order valence-corrected chi connectivity index (χ0v) is 17.1. The Morgan fingerprint density at radius 3 is 2.93 bits per heavy atom. The molecule has 0 spiro atoms. The van der Waals surface area contributed by atoms with E-state index in [4.69, 9.17) is 16.6 Å². The number of H-pyrrole nitrogens is 1. The maximum Gasteiger partial charge on any atom is 0.258 e. The molecule has 2 heterocycles. The van der Waals surface area contributed by atoms with Crippen molar-refractivity contribution in [2.24, 2.45) is 4.99 Å². The fourth-order valence-electron chi connectivity index (χ4n) is 3.29. The minimum atomic E-state index is -0.140. The number of thioether (sulfide) groups is 1. The van der Waals surface area contributed by atoms with Crippen LogP contribution in [-0.4, -0.2) is 38.4 Å². The highest BCUT2D eigenvalue weighted by atomic mass is 35.5. The summed E-state index contributed by atoms with van der Waals surface area (Å²) in [7, 11) is 0. The largest absolute Gasteiger partial charge is 0.343 e. The quantitative estimate of drug-likeness (QED) is 0.685. The molecule has 0 bridgehead atoms. The predicted molar refractivity (Wildman–Crippen MR) is 117 cm³/mol. The third kappa shape index (κ3) is 4.39. The first-order valence-corrected chi connectivity index (χ1v) is 10.5. The van der Waals surface area contributed by atoms with Gasteiger partial charge in [-0.3, -0.25) is 9.79 Å². The molecule has 144 valence electrons. The van der Waals surface area contributed by atoms with Crippen LogP contribution in [0.25, 0.3) is 10.9 Å². The maximum absolute atomic E-state index is 12.4. The molecule has 3 aromatic rings. The average Bonchev–Trinajstić information content (AvgIpc) is 3.01. The first-order chi connectivity index (χ1) is 13.6. The maximum atomic E-state index is 12.4. The highest BCUT2D eigenvalue weighted by Crippen LogP contribution is 2.26. The number of aliphatic imine (C=N–C) groups is 1. The molecule has 1 aliphatic rings. The SMILES string of the molecule is C[C@@H]1CN(Cc2nc3cc(Cl)ccc3c(=O)[nH]2)C(=NCCc2ccccc2)S1. The fraction of sp³-hybridized carbons (Fsp3) is 0.286. The van der Waals surface area contributed by atoms with Gasteiger partial charge in [-0.25, -0.2) is 4.98 Å². The predicted octanol–water partition coefficient (Wildman–Crippen LogP) is 4.11. The van der Waals surface area contributed by atoms with Crippen LogP contribution >= 0.6 is 23.4 Å². The Morgan fingerprint density at radius 2 is 2.11 bits per heavy atom. The van der Waals surface area contributed by atoms with Crippen molar-refractivity contribution in [3.63, 3.8) is 0 Å². The van der Waals surface area contributed by atoms with Gasteiger partial charge in [0.1, 0.15) is 5.82 Å². The van der Waals surface area contributed by atoms with Crippen LogP contribution in [0.3, 0.4) is 0 Å². The number of nitrogens with zero attached hydrogens (tertiary/aromatic N) is 3. The van der Waals surface area contributed by atoms with E-state index in [1.54, 1.807) is 30.0 Å². The average molecular weight is 413 g/mol. The fourth-order valence-corrected chi connectivity index (χ4v) is 4.53. The Balaban J connectivity index is 1.51. The molecule has 1 aliphatic heterocycles. The second-order valence-corrected chi connectivity index (χ2v) is 8.73. The summed E-state index contributed by atoms with van der Waals surface area (Å²) in [5.41, 5.74) is 1.76. The van der Waals surface area contributed by atoms with E-state index in [1.165, 1.54) is 5.56 Å². The smallest absolute Gasteiger partial charge is 0.258 e. The van der Waals surface area contributed by atoms with E-state index in [0.29, 0.717) is 33.5 Å². The molecule has 0 radical (unpaired) electrons. The lowest BCUT2D eigenvalue weighted by Crippen LogP contribution is -2.27. The molecule has 0 aliphatic carbocycles. The number of rotatable bonds is 5. The van der Waals surface area contributed by atoms with Crippen LogP contribution in [0, 0.1) is 0 Å². The van der Waals surface area contributed by atoms with Gasteiger partial charge in [-0.05, 0) is 30.2 Å². The molecule has 0 saturated carbocycles. The van der Waals surface area contributed by atoms with Gasteiger partial charge < -0.3 is 9.88 Å². The number of halogens is 1. The minimum absolute atomic E-state index is 0.140. The minimum Gasteiger partial charge on any atom is -0.343 e. The van der Waals surface area contributed by atoms with Crippen LogP contribution in [0.5, 0.6) is 0 Å². The molecule has 0 amide bonds. The van der Waals surface area contributed by atoms with Gasteiger partial charge >= 0.3 is 0 Å². The highest BCUT2D eigenvalue weighted by Gasteiger charge is 2.26. The van der Waals surface area contributed by atoms with Crippen LogP contribution in [0.1, 0.15) is 18.3 Å². The van der Waals surface area contributed by atoms with Gasteiger partial charge in [0.25, 0.3) is 5.56 Å². The van der Waals surface area contributed by atoms with E-state index in [-0.39, 0.29) is 5.56 Å². The van der Waals surface area contributed by atoms with Gasteiger partial charge in [0.2, 0.25) is 0 Å². The molecule has 28 heavy (non-hydrogen) atoms. The van der Waals surface area contributed by atoms with E-state index >= 15 is 0 Å². The molecule has 4 rings (SSSR count). The number of fused-ring (bicyclic) bond motifs is 1. The lowest BCUT2D eigenvalue weighted by molar-refractivity contribution is 0.423. The zero-order valence-electron chi connectivity index (χ0n) is 15.6. The number of aromatic amines is 1. The van der Waals surface area contributed by atoms with Crippen molar-refractivity contribution in [1.29, 1.82) is 0 Å². The number of benzene rings is 2. The van der Waals surface area contributed by atoms with E-state index in [2.05, 4.69) is 46.1 Å². The summed E-state index contributed by atoms with van der Waals surface area (Å²) in [6, 6.07) is 15.5. The molecule has 1 N–H and O–H groups in total. The Labute approximate surface area is 172 Å². The van der Waals surface area contributed by atoms with Crippen LogP contribution in [0.15, 0.2) is 58.3 Å². The number of amidine groups is 1. The molecule has 7 heteroatoms. The molecule has 0 unspecified atom stereocenters. The van der Waals surface area contributed by atoms with Crippen molar-refractivity contribution in [3.8, 4) is 0 Å². The zero-order chi connectivity index (χ0) is 19.5. The summed E-state index contributed by atoms with van der Waals surface area (Å²) in [5.74, 6) is 0.630. The molecule has 1 aromatic heterocycles. The summed E-state index contributed by atoms with van der Waals surface area (Å²) < 4.78 is 0. The summed E-state index contributed by atoms with van der Waals surface area (Å²) >= 11 is 7.83. The van der Waals surface area contributed by atoms with Crippen molar-refractivity contribution in [2.45, 2.75) is 25.1 Å². The molecule has 1 fully saturated rings. The van der Waals surface area contributed by atoms with Crippen molar-refractivity contribution in [2.75, 3.05) is 13.1 Å². The van der Waals surface area contributed by atoms with Crippen molar-refractivity contribution in [1.82, 2.24) is 14.9 Å². The molecule has 5 nitrogen and oxygen atoms in total. The van der Waals surface area contributed by atoms with Crippen LogP contribution in [0.2, 0.25) is 5.02 Å².